The van der Waals surface area contributed by atoms with Gasteiger partial charge in [0.05, 0.1) is 52.4 Å². The van der Waals surface area contributed by atoms with Crippen LogP contribution in [0.5, 0.6) is 0 Å². The third-order valence-electron chi connectivity index (χ3n) is 9.03. The van der Waals surface area contributed by atoms with Crippen LogP contribution in [-0.2, 0) is 18.4 Å². The Morgan fingerprint density at radius 1 is 0.796 bits per heavy atom. The Balaban J connectivity index is 4.75. The van der Waals surface area contributed by atoms with Gasteiger partial charge in [0.25, 0.3) is 7.82 Å². The van der Waals surface area contributed by atoms with Crippen molar-refractivity contribution in [2.75, 3.05) is 40.9 Å². The van der Waals surface area contributed by atoms with E-state index in [1.807, 2.05) is 27.2 Å². The number of hydrogen-bond donors (Lipinski definition) is 3. The highest BCUT2D eigenvalue weighted by molar-refractivity contribution is 7.45. The zero-order chi connectivity index (χ0) is 37.4. The molecular formula is C39H79N2O7P. The average molecular weight is 720 g/mol. The number of phosphoric ester groups is 1. The molecular weight excluding hydrogens is 639 g/mol. The van der Waals surface area contributed by atoms with Gasteiger partial charge in [0.2, 0.25) is 7.34 Å². The van der Waals surface area contributed by atoms with Gasteiger partial charge in [-0.1, -0.05) is 161 Å². The topological polar surface area (TPSA) is 128 Å². The van der Waals surface area contributed by atoms with Crippen molar-refractivity contribution in [2.24, 2.45) is 0 Å². The minimum atomic E-state index is -4.65. The van der Waals surface area contributed by atoms with E-state index in [-0.39, 0.29) is 13.0 Å². The highest BCUT2D eigenvalue weighted by Gasteiger charge is 2.24. The molecule has 0 rings (SSSR count). The highest BCUT2D eigenvalue weighted by Crippen LogP contribution is 2.38. The summed E-state index contributed by atoms with van der Waals surface area (Å²) in [6.07, 6.45) is 30.3. The summed E-state index contributed by atoms with van der Waals surface area (Å²) in [6.45, 7) is 4.44. The number of phosphoric acid groups is 1. The molecule has 0 aliphatic rings. The number of rotatable bonds is 37. The van der Waals surface area contributed by atoms with E-state index >= 15 is 0 Å². The molecule has 10 heteroatoms. The first-order valence-electron chi connectivity index (χ1n) is 20.5. The number of hydrogen-bond acceptors (Lipinski definition) is 7. The zero-order valence-electron chi connectivity index (χ0n) is 33.5. The Kier molecular flexibility index (Phi) is 30.1. The number of carbonyl (C=O) groups excluding carboxylic acids is 1. The van der Waals surface area contributed by atoms with Gasteiger partial charge in [-0.2, -0.15) is 0 Å². The lowest BCUT2D eigenvalue weighted by atomic mass is 10.0. The Bertz CT molecular complexity index is 859. The van der Waals surface area contributed by atoms with Crippen LogP contribution < -0.4 is 10.2 Å². The van der Waals surface area contributed by atoms with E-state index in [1.165, 1.54) is 109 Å². The maximum atomic E-state index is 13.0. The Labute approximate surface area is 303 Å². The fourth-order valence-corrected chi connectivity index (χ4v) is 6.49. The van der Waals surface area contributed by atoms with Crippen LogP contribution in [-0.4, -0.2) is 81.2 Å². The molecule has 0 aliphatic heterocycles. The number of carbonyl (C=O) groups is 1. The van der Waals surface area contributed by atoms with Gasteiger partial charge >= 0.3 is 0 Å². The van der Waals surface area contributed by atoms with Crippen LogP contribution >= 0.6 is 7.82 Å². The van der Waals surface area contributed by atoms with Crippen LogP contribution in [0.25, 0.3) is 0 Å². The molecule has 1 amide bonds. The third-order valence-corrected chi connectivity index (χ3v) is 10.00. The Morgan fingerprint density at radius 2 is 1.27 bits per heavy atom. The number of quaternary nitrogens is 1. The van der Waals surface area contributed by atoms with Crippen molar-refractivity contribution in [1.29, 1.82) is 1.43 Å². The van der Waals surface area contributed by atoms with Gasteiger partial charge < -0.3 is 34.0 Å². The summed E-state index contributed by atoms with van der Waals surface area (Å²) in [6, 6.07) is -1.01. The number of aliphatic hydroxyl groups is 2. The molecule has 0 aromatic rings. The van der Waals surface area contributed by atoms with Crippen LogP contribution in [0.15, 0.2) is 12.2 Å². The number of allylic oxidation sites excluding steroid dienone is 1. The molecule has 0 bridgehead atoms. The van der Waals surface area contributed by atoms with Gasteiger partial charge in [0, 0.05) is 0 Å². The van der Waals surface area contributed by atoms with Crippen LogP contribution in [0.2, 0.25) is 0 Å². The first-order valence-corrected chi connectivity index (χ1v) is 21.6. The first kappa shape index (κ1) is 46.2. The molecule has 9 nitrogen and oxygen atoms in total. The number of nitrogens with one attached hydrogen (secondary N) is 1. The summed E-state index contributed by atoms with van der Waals surface area (Å²) in [5, 5.41) is 18.5. The number of likely N-dealkylation sites (N-methyl/N-ethyl adjacent to an activating group) is 1. The van der Waals surface area contributed by atoms with Gasteiger partial charge in [-0.25, -0.2) is 0 Å². The van der Waals surface area contributed by atoms with Gasteiger partial charge in [-0.05, 0) is 19.3 Å². The Morgan fingerprint density at radius 3 is 1.73 bits per heavy atom. The standard InChI is InChI=1S/C39H79N2O7P/c1-6-8-10-12-14-16-18-19-21-23-25-27-29-31-38(43)37(35-48-49(45,46)47-33-32-41(3,4)5)40-39(44)34-36(42)30-28-26-24-22-20-17-15-13-11-9-7-2/h29,31,36-38,42-43H,6-28,30,32-35H2,1-5H3,(H-,40,44,45,46)/b31-29+/t36?,37-,38+/m0/s1/i42D. The lowest BCUT2D eigenvalue weighted by molar-refractivity contribution is -0.870. The van der Waals surface area contributed by atoms with Crippen molar-refractivity contribution in [1.82, 2.24) is 5.32 Å². The number of nitrogens with zero attached hydrogens (tertiary/aromatic N) is 1. The second-order valence-electron chi connectivity index (χ2n) is 15.2. The molecule has 0 aromatic carbocycles. The Hall–Kier alpha value is -0.800. The summed E-state index contributed by atoms with van der Waals surface area (Å²) in [5.74, 6) is -0.427. The number of amides is 1. The maximum Gasteiger partial charge on any atom is 0.268 e. The first-order chi connectivity index (χ1) is 23.9. The molecule has 4 atom stereocenters. The predicted molar refractivity (Wildman–Crippen MR) is 202 cm³/mol. The smallest absolute Gasteiger partial charge is 0.268 e. The average Bonchev–Trinajstić information content (AvgIpc) is 3.06. The van der Waals surface area contributed by atoms with Gasteiger partial charge in [-0.15, -0.1) is 0 Å². The zero-order valence-corrected chi connectivity index (χ0v) is 33.4. The lowest BCUT2D eigenvalue weighted by Crippen LogP contribution is -2.46. The molecule has 0 aliphatic carbocycles. The van der Waals surface area contributed by atoms with Crippen molar-refractivity contribution >= 4 is 13.7 Å². The van der Waals surface area contributed by atoms with E-state index < -0.39 is 38.6 Å². The fraction of sp³-hybridized carbons (Fsp3) is 0.923. The van der Waals surface area contributed by atoms with Crippen LogP contribution in [0.1, 0.15) is 174 Å². The predicted octanol–water partition coefficient (Wildman–Crippen LogP) is 8.75. The molecule has 0 radical (unpaired) electrons. The molecule has 292 valence electrons. The molecule has 0 aromatic heterocycles. The molecule has 3 N–H and O–H groups in total. The molecule has 2 unspecified atom stereocenters. The van der Waals surface area contributed by atoms with E-state index in [9.17, 15) is 19.4 Å². The largest absolute Gasteiger partial charge is 0.756 e. The molecule has 0 heterocycles. The van der Waals surface area contributed by atoms with Crippen LogP contribution in [0.3, 0.4) is 0 Å². The fourth-order valence-electron chi connectivity index (χ4n) is 5.77. The summed E-state index contributed by atoms with van der Waals surface area (Å²) in [5.41, 5.74) is 0. The second-order valence-corrected chi connectivity index (χ2v) is 16.6. The summed E-state index contributed by atoms with van der Waals surface area (Å²) in [7, 11) is 1.13. The van der Waals surface area contributed by atoms with Gasteiger partial charge in [-0.3, -0.25) is 9.36 Å². The summed E-state index contributed by atoms with van der Waals surface area (Å²) >= 11 is 0. The highest BCUT2D eigenvalue weighted by atomic mass is 31.2. The minimum Gasteiger partial charge on any atom is -0.756 e. The normalized spacial score (nSPS) is 15.6. The molecule has 0 saturated carbocycles. The number of unbranched alkanes of at least 4 members (excludes halogenated alkanes) is 21. The van der Waals surface area contributed by atoms with E-state index in [0.717, 1.165) is 38.5 Å². The van der Waals surface area contributed by atoms with Crippen molar-refractivity contribution in [3.63, 3.8) is 0 Å². The molecule has 49 heavy (non-hydrogen) atoms. The summed E-state index contributed by atoms with van der Waals surface area (Å²) in [4.78, 5) is 25.4. The van der Waals surface area contributed by atoms with Crippen molar-refractivity contribution in [3.8, 4) is 0 Å². The van der Waals surface area contributed by atoms with Crippen LogP contribution in [0, 0.1) is 0 Å². The van der Waals surface area contributed by atoms with Crippen molar-refractivity contribution in [3.05, 3.63) is 12.2 Å². The third kappa shape index (κ3) is 34.1. The summed E-state index contributed by atoms with van der Waals surface area (Å²) < 4.78 is 30.6. The molecule has 0 fully saturated rings. The second kappa shape index (κ2) is 31.9. The van der Waals surface area contributed by atoms with E-state index in [0.29, 0.717) is 17.4 Å². The van der Waals surface area contributed by atoms with Crippen LogP contribution in [0.4, 0.5) is 0 Å². The van der Waals surface area contributed by atoms with Gasteiger partial charge in [0.1, 0.15) is 13.2 Å². The quantitative estimate of drug-likeness (QED) is 0.0254. The lowest BCUT2D eigenvalue weighted by Gasteiger charge is -2.29. The SMILES string of the molecule is [2H]OC(CCCCCCCCCCCCC)CC(=O)N[C@@H](COP(=O)([O-])OCC[N+](C)(C)C)[C@H](O)/C=C/CCCCCCCCCCCCC. The maximum absolute atomic E-state index is 13.0. The molecule has 0 spiro atoms. The van der Waals surface area contributed by atoms with Crippen molar-refractivity contribution < 1.29 is 38.0 Å². The van der Waals surface area contributed by atoms with Crippen molar-refractivity contribution in [2.45, 2.75) is 193 Å². The minimum absolute atomic E-state index is 0.0374. The molecule has 0 saturated heterocycles. The number of aliphatic hydroxyl groups excluding tert-OH is 2. The van der Waals surface area contributed by atoms with E-state index in [1.54, 1.807) is 6.08 Å². The van der Waals surface area contributed by atoms with E-state index in [4.69, 9.17) is 15.6 Å². The van der Waals surface area contributed by atoms with Gasteiger partial charge in [0.15, 0.2) is 0 Å². The monoisotopic (exact) mass is 720 g/mol. The van der Waals surface area contributed by atoms with E-state index in [2.05, 4.69) is 19.2 Å².